The lowest BCUT2D eigenvalue weighted by Gasteiger charge is -2.17. The van der Waals surface area contributed by atoms with Gasteiger partial charge in [0.05, 0.1) is 63.6 Å². The Bertz CT molecular complexity index is 4830. The van der Waals surface area contributed by atoms with Crippen LogP contribution in [-0.2, 0) is 21.9 Å². The number of hydrogen-bond donors (Lipinski definition) is 5. The number of rotatable bonds is 8. The number of ether oxygens (including phenoxy) is 2. The monoisotopic (exact) mass is 1110 g/mol. The van der Waals surface area contributed by atoms with Gasteiger partial charge in [0, 0.05) is 72.1 Å². The van der Waals surface area contributed by atoms with Gasteiger partial charge in [0.2, 0.25) is 0 Å². The van der Waals surface area contributed by atoms with Crippen molar-refractivity contribution in [2.45, 2.75) is 47.0 Å². The smallest absolute Gasteiger partial charge is 0.338 e. The minimum Gasteiger partial charge on any atom is -0.478 e. The predicted octanol–water partition coefficient (Wildman–Crippen LogP) is 11.9. The van der Waals surface area contributed by atoms with Gasteiger partial charge in [0.1, 0.15) is 0 Å². The molecule has 16 nitrogen and oxygen atoms in total. The number of aromatic nitrogens is 4. The normalized spacial score (nSPS) is 11.3. The minimum atomic E-state index is -1.25. The maximum absolute atomic E-state index is 13.7. The van der Waals surface area contributed by atoms with Gasteiger partial charge < -0.3 is 39.2 Å². The second-order valence-corrected chi connectivity index (χ2v) is 20.4. The van der Waals surface area contributed by atoms with E-state index in [4.69, 9.17) is 16.3 Å². The highest BCUT2D eigenvalue weighted by atomic mass is 35.5. The van der Waals surface area contributed by atoms with Crippen LogP contribution < -0.4 is 21.7 Å². The summed E-state index contributed by atoms with van der Waals surface area (Å²) in [6, 6.07) is 38.1. The molecule has 82 heavy (non-hydrogen) atoms. The molecule has 12 rings (SSSR count). The van der Waals surface area contributed by atoms with Gasteiger partial charge in [-0.2, -0.15) is 0 Å². The first-order valence-corrected chi connectivity index (χ1v) is 26.4. The van der Waals surface area contributed by atoms with E-state index in [9.17, 15) is 48.6 Å². The molecule has 410 valence electrons. The van der Waals surface area contributed by atoms with E-state index in [0.717, 1.165) is 39.4 Å². The molecule has 4 heterocycles. The van der Waals surface area contributed by atoms with Crippen LogP contribution in [0.5, 0.6) is 0 Å². The minimum absolute atomic E-state index is 0.0239. The van der Waals surface area contributed by atoms with E-state index in [0.29, 0.717) is 92.9 Å². The van der Waals surface area contributed by atoms with Crippen LogP contribution in [-0.4, -0.2) is 67.3 Å². The average molecular weight is 1120 g/mol. The lowest BCUT2D eigenvalue weighted by Crippen LogP contribution is -2.15. The fourth-order valence-electron chi connectivity index (χ4n) is 10.3. The van der Waals surface area contributed by atoms with Gasteiger partial charge in [-0.1, -0.05) is 46.5 Å². The largest absolute Gasteiger partial charge is 0.478 e. The van der Waals surface area contributed by atoms with Crippen molar-refractivity contribution in [3.8, 4) is 0 Å². The number of carboxylic acids is 2. The first-order chi connectivity index (χ1) is 39.2. The Morgan fingerprint density at radius 3 is 1.24 bits per heavy atom. The summed E-state index contributed by atoms with van der Waals surface area (Å²) in [5.74, 6) is -3.28. The zero-order valence-electron chi connectivity index (χ0n) is 45.1. The second-order valence-electron chi connectivity index (χ2n) is 20.1. The van der Waals surface area contributed by atoms with Crippen molar-refractivity contribution in [3.63, 3.8) is 0 Å². The number of aromatic amines is 3. The molecule has 0 saturated heterocycles. The fourth-order valence-corrected chi connectivity index (χ4v) is 10.4. The number of carbonyl (C=O) groups is 4. The fraction of sp³-hybridized carbons (Fsp3) is 0.138. The third-order valence-corrected chi connectivity index (χ3v) is 14.5. The van der Waals surface area contributed by atoms with Crippen molar-refractivity contribution in [1.82, 2.24) is 19.5 Å². The Labute approximate surface area is 469 Å². The molecule has 0 unspecified atom stereocenters. The molecule has 0 aliphatic rings. The number of fused-ring (bicyclic) bond motifs is 8. The van der Waals surface area contributed by atoms with Crippen molar-refractivity contribution in [2.24, 2.45) is 0 Å². The number of halogens is 1. The number of nitrogens with zero attached hydrogens (tertiary/aromatic N) is 1. The van der Waals surface area contributed by atoms with Crippen molar-refractivity contribution in [2.75, 3.05) is 13.7 Å². The summed E-state index contributed by atoms with van der Waals surface area (Å²) >= 11 is 5.70. The van der Waals surface area contributed by atoms with Gasteiger partial charge in [0.15, 0.2) is 21.7 Å². The number of nitrogens with one attached hydrogen (secondary N) is 3. The Balaban J connectivity index is 0.000000151. The van der Waals surface area contributed by atoms with Crippen LogP contribution in [0.25, 0.3) is 87.2 Å². The molecular weight excluding hydrogens is 1060 g/mol. The molecule has 0 saturated carbocycles. The number of methoxy groups -OCH3 is 1. The molecule has 4 aromatic heterocycles. The summed E-state index contributed by atoms with van der Waals surface area (Å²) < 4.78 is 11.3. The standard InChI is InChI=1S/C31H22N2O6.C22H16N2O2.C12H13ClO4/c1-15-3-5-24-20(7-15)28(34)21-13-27-23(12-25(21)32-24)29(35)22-8-16(2)4-6-26(22)33(27)14-17-9-18(30(36)37)11-19(10-17)31(38)39;1-11-3-5-17-13(7-11)21(25)15-9-20-16(10-19(15)23-17)22(26)14-8-12(2)4-6-18(14)24-20;1-3-17-12(15)10-5-8(7-13)4-9(6-10)11(14)16-2/h3-13H,14H2,1-2H3,(H,32,34)(H,36,37)(H,38,39);3-10H,1-2H3,(H,23,25)(H,24,26);4-6H,3,7H2,1-2H3. The van der Waals surface area contributed by atoms with E-state index in [1.807, 2.05) is 99.0 Å². The molecule has 8 aromatic carbocycles. The van der Waals surface area contributed by atoms with Gasteiger partial charge in [-0.15, -0.1) is 11.6 Å². The Morgan fingerprint density at radius 1 is 0.439 bits per heavy atom. The number of carboxylic acid groups (broad SMARTS) is 2. The molecule has 0 aliphatic carbocycles. The van der Waals surface area contributed by atoms with Gasteiger partial charge in [-0.05, 0) is 155 Å². The van der Waals surface area contributed by atoms with Crippen LogP contribution in [0, 0.1) is 27.7 Å². The quantitative estimate of drug-likeness (QED) is 0.0542. The third kappa shape index (κ3) is 10.6. The molecule has 17 heteroatoms. The molecule has 12 aromatic rings. The van der Waals surface area contributed by atoms with Crippen molar-refractivity contribution < 1.29 is 38.9 Å². The molecule has 0 radical (unpaired) electrons. The number of esters is 2. The molecule has 5 N–H and O–H groups in total. The number of H-pyrrole nitrogens is 3. The molecule has 0 fully saturated rings. The predicted molar refractivity (Wildman–Crippen MR) is 321 cm³/mol. The summed E-state index contributed by atoms with van der Waals surface area (Å²) in [6.07, 6.45) is 0. The SMILES string of the molecule is CCOC(=O)c1cc(CCl)cc(C(=O)OC)c1.Cc1ccc2[nH]c3cc4c(=O)c5cc(C)ccc5[nH]c4cc3c(=O)c2c1.Cc1ccc2[nH]c3cc4c(=O)c5cc(C)ccc5n(Cc5cc(C(=O)O)cc(C(=O)O)c5)c4cc3c(=O)c2c1. The van der Waals surface area contributed by atoms with Crippen LogP contribution in [0.2, 0.25) is 0 Å². The number of aromatic carboxylic acids is 2. The van der Waals surface area contributed by atoms with E-state index < -0.39 is 23.9 Å². The molecular formula is C65H51ClN4O12. The Morgan fingerprint density at radius 2 is 0.805 bits per heavy atom. The molecule has 0 atom stereocenters. The van der Waals surface area contributed by atoms with Gasteiger partial charge in [-0.3, -0.25) is 19.2 Å². The molecule has 0 aliphatic heterocycles. The van der Waals surface area contributed by atoms with Gasteiger partial charge in [-0.25, -0.2) is 19.2 Å². The number of hydrogen-bond acceptors (Lipinski definition) is 10. The summed E-state index contributed by atoms with van der Waals surface area (Å²) in [7, 11) is 1.28. The number of aryl methyl sites for hydroxylation is 4. The van der Waals surface area contributed by atoms with Crippen LogP contribution >= 0.6 is 11.6 Å². The second kappa shape index (κ2) is 22.2. The summed E-state index contributed by atoms with van der Waals surface area (Å²) in [4.78, 5) is 109. The number of pyridine rings is 4. The van der Waals surface area contributed by atoms with Crippen LogP contribution in [0.3, 0.4) is 0 Å². The first kappa shape index (κ1) is 55.1. The van der Waals surface area contributed by atoms with Crippen LogP contribution in [0.1, 0.15) is 81.7 Å². The molecule has 0 bridgehead atoms. The topological polar surface area (TPSA) is 248 Å². The van der Waals surface area contributed by atoms with Crippen LogP contribution in [0.4, 0.5) is 0 Å². The highest BCUT2D eigenvalue weighted by Crippen LogP contribution is 2.28. The van der Waals surface area contributed by atoms with Crippen molar-refractivity contribution in [3.05, 3.63) is 230 Å². The Kier molecular flexibility index (Phi) is 14.9. The van der Waals surface area contributed by atoms with Crippen molar-refractivity contribution >= 4 is 123 Å². The highest BCUT2D eigenvalue weighted by Gasteiger charge is 2.19. The lowest BCUT2D eigenvalue weighted by molar-refractivity contribution is 0.0525. The number of benzene rings is 8. The summed E-state index contributed by atoms with van der Waals surface area (Å²) in [5, 5.41) is 23.4. The first-order valence-electron chi connectivity index (χ1n) is 25.9. The maximum Gasteiger partial charge on any atom is 0.338 e. The summed E-state index contributed by atoms with van der Waals surface area (Å²) in [6.45, 7) is 9.79. The highest BCUT2D eigenvalue weighted by molar-refractivity contribution is 6.17. The average Bonchev–Trinajstić information content (AvgIpc) is 3.09. The van der Waals surface area contributed by atoms with E-state index in [2.05, 4.69) is 19.7 Å². The van der Waals surface area contributed by atoms with E-state index >= 15 is 0 Å². The van der Waals surface area contributed by atoms with E-state index in [-0.39, 0.29) is 57.4 Å². The van der Waals surface area contributed by atoms with Crippen LogP contribution in [0.15, 0.2) is 153 Å². The molecule has 0 amide bonds. The number of alkyl halides is 1. The lowest BCUT2D eigenvalue weighted by atomic mass is 10.0. The zero-order chi connectivity index (χ0) is 58.4. The van der Waals surface area contributed by atoms with Crippen molar-refractivity contribution in [1.29, 1.82) is 0 Å². The third-order valence-electron chi connectivity index (χ3n) is 14.2. The number of carbonyl (C=O) groups excluding carboxylic acids is 2. The van der Waals surface area contributed by atoms with E-state index in [1.54, 1.807) is 49.4 Å². The maximum atomic E-state index is 13.7. The van der Waals surface area contributed by atoms with Gasteiger partial charge >= 0.3 is 23.9 Å². The molecule has 0 spiro atoms. The van der Waals surface area contributed by atoms with E-state index in [1.165, 1.54) is 25.3 Å². The van der Waals surface area contributed by atoms with Gasteiger partial charge in [0.25, 0.3) is 0 Å². The summed E-state index contributed by atoms with van der Waals surface area (Å²) in [5.41, 5.74) is 10.0. The Hall–Kier alpha value is -10.2. The zero-order valence-corrected chi connectivity index (χ0v) is 45.9.